The van der Waals surface area contributed by atoms with Gasteiger partial charge in [-0.25, -0.2) is 84.2 Å². The van der Waals surface area contributed by atoms with Gasteiger partial charge in [-0.1, -0.05) is 121 Å². The van der Waals surface area contributed by atoms with Gasteiger partial charge in [-0.15, -0.1) is 0 Å². The summed E-state index contributed by atoms with van der Waals surface area (Å²) < 4.78 is 342. The molecule has 0 heterocycles. The van der Waals surface area contributed by atoms with Crippen LogP contribution in [0.4, 0.5) is 0 Å². The summed E-state index contributed by atoms with van der Waals surface area (Å²) in [7, 11) is -54.4. The van der Waals surface area contributed by atoms with Crippen molar-refractivity contribution in [2.75, 3.05) is 0 Å². The van der Waals surface area contributed by atoms with Gasteiger partial charge in [-0.3, -0.25) is 47.9 Å². The SMILES string of the molecule is O=C1c2ccccc2C(=O)c2c1ccc(S(=O)(=O)[O-])c2S(=O)(=O)[O-].O=C1c2ccccc2C(=O)c2c1ccc(S(=O)(=O)[O-])c2S(=O)(=O)[O-].O=C1c2ccccc2C(=O)c2c1ccc(S(=O)(=O)[O-])c2S(=O)(=O)[O-].O=C1c2ccccc2C(=O)c2c1ccc(S(=O)(=O)[O-])c2S(=O)(=O)[O-].O=C1c2ccccc2C(=O)c2c1ccc(S(=O)(=O)[O-])c2S(=O)(=O)[O-].[V+5].[V+5]. The Bertz CT molecular complexity index is 6710. The van der Waals surface area contributed by atoms with E-state index in [1.54, 1.807) is 0 Å². The molecule has 52 heteroatoms. The average Bonchev–Trinajstić information content (AvgIpc) is 0.750. The number of hydrogen-bond acceptors (Lipinski definition) is 40. The molecule has 15 rings (SSSR count). The van der Waals surface area contributed by atoms with Crippen molar-refractivity contribution in [3.63, 3.8) is 0 Å². The van der Waals surface area contributed by atoms with Crippen LogP contribution in [0.5, 0.6) is 0 Å². The molecule has 0 fully saturated rings. The Morgan fingerprint density at radius 1 is 0.139 bits per heavy atom. The van der Waals surface area contributed by atoms with Crippen molar-refractivity contribution < 1.29 is 215 Å². The van der Waals surface area contributed by atoms with Crippen LogP contribution in [-0.2, 0) is 138 Å². The van der Waals surface area contributed by atoms with Crippen LogP contribution in [0.2, 0.25) is 0 Å². The molecule has 40 nitrogen and oxygen atoms in total. The Labute approximate surface area is 710 Å². The zero-order valence-corrected chi connectivity index (χ0v) is 69.6. The maximum Gasteiger partial charge on any atom is 5.00 e. The van der Waals surface area contributed by atoms with Crippen LogP contribution in [0.1, 0.15) is 159 Å². The van der Waals surface area contributed by atoms with E-state index >= 15 is 0 Å². The number of carbonyl (C=O) groups excluding carboxylic acids is 10. The van der Waals surface area contributed by atoms with Gasteiger partial charge in [0.25, 0.3) is 0 Å². The maximum atomic E-state index is 12.5. The minimum Gasteiger partial charge on any atom is -0.744 e. The molecule has 10 aromatic carbocycles. The molecular weight excluding hydrogens is 1900 g/mol. The number of fused-ring (bicyclic) bond motifs is 10. The fraction of sp³-hybridized carbons (Fsp3) is 0. The van der Waals surface area contributed by atoms with Crippen molar-refractivity contribution in [3.8, 4) is 0 Å². The predicted octanol–water partition coefficient (Wildman–Crippen LogP) is 1.35. The van der Waals surface area contributed by atoms with Gasteiger partial charge in [0.05, 0.1) is 76.8 Å². The summed E-state index contributed by atoms with van der Waals surface area (Å²) in [5.74, 6) is -8.82. The van der Waals surface area contributed by atoms with E-state index in [-0.39, 0.29) is 92.7 Å². The second-order valence-corrected chi connectivity index (χ2v) is 38.0. The molecule has 0 N–H and O–H groups in total. The third-order valence-corrected chi connectivity index (χ3v) is 27.3. The van der Waals surface area contributed by atoms with Crippen LogP contribution >= 0.6 is 0 Å². The fourth-order valence-electron chi connectivity index (χ4n) is 12.9. The molecule has 620 valence electrons. The van der Waals surface area contributed by atoms with Gasteiger partial charge in [0.1, 0.15) is 101 Å². The van der Waals surface area contributed by atoms with Gasteiger partial charge in [0.15, 0.2) is 57.8 Å². The molecule has 122 heavy (non-hydrogen) atoms. The fourth-order valence-corrected chi connectivity index (χ4v) is 22.6. The second-order valence-electron chi connectivity index (χ2n) is 24.6. The van der Waals surface area contributed by atoms with Crippen molar-refractivity contribution in [3.05, 3.63) is 293 Å². The van der Waals surface area contributed by atoms with Crippen molar-refractivity contribution in [2.24, 2.45) is 0 Å². The molecule has 5 aliphatic rings. The first-order valence-corrected chi connectivity index (χ1v) is 45.6. The summed E-state index contributed by atoms with van der Waals surface area (Å²) in [6.07, 6.45) is 0. The normalized spacial score (nSPS) is 14.0. The summed E-state index contributed by atoms with van der Waals surface area (Å²) in [5, 5.41) is 0. The molecule has 0 atom stereocenters. The minimum atomic E-state index is -5.52. The van der Waals surface area contributed by atoms with Gasteiger partial charge in [-0.05, 0) is 60.7 Å². The monoisotopic (exact) mass is 1930 g/mol. The first-order valence-electron chi connectivity index (χ1n) is 31.5. The van der Waals surface area contributed by atoms with Crippen LogP contribution in [0.25, 0.3) is 0 Å². The molecule has 0 spiro atoms. The zero-order valence-electron chi connectivity index (χ0n) is 58.6. The van der Waals surface area contributed by atoms with Crippen LogP contribution < -0.4 is 0 Å². The predicted molar refractivity (Wildman–Crippen MR) is 378 cm³/mol. The summed E-state index contributed by atoms with van der Waals surface area (Å²) in [6.45, 7) is 0. The topological polar surface area (TPSA) is 743 Å². The van der Waals surface area contributed by atoms with Gasteiger partial charge < -0.3 is 45.5 Å². The van der Waals surface area contributed by atoms with E-state index in [4.69, 9.17) is 0 Å². The Hall–Kier alpha value is -10.8. The third-order valence-electron chi connectivity index (χ3n) is 17.6. The molecule has 0 saturated heterocycles. The molecule has 0 amide bonds. The third kappa shape index (κ3) is 17.6. The first-order chi connectivity index (χ1) is 55.2. The van der Waals surface area contributed by atoms with E-state index in [0.717, 1.165) is 30.3 Å². The molecule has 10 aromatic rings. The standard InChI is InChI=1S/5C14H8O8S2.2V/c5*15-12-7-3-1-2-4-8(7)13(16)11-9(12)5-6-10(23(17,18)19)14(11)24(20,21)22;;/h5*1-6H,(H,17,18,19)(H,20,21,22);;/q;;;;;2*+5/p-10. The molecule has 0 aromatic heterocycles. The quantitative estimate of drug-likeness (QED) is 0.174. The Morgan fingerprint density at radius 2 is 0.246 bits per heavy atom. The summed E-state index contributed by atoms with van der Waals surface area (Å²) in [4.78, 5) is 111. The summed E-state index contributed by atoms with van der Waals surface area (Å²) in [6, 6.07) is 34.3. The average molecular weight is 1930 g/mol. The van der Waals surface area contributed by atoms with Gasteiger partial charge in [0, 0.05) is 83.5 Å². The summed E-state index contributed by atoms with van der Waals surface area (Å²) >= 11 is 0. The number of carbonyl (C=O) groups is 10. The molecule has 0 bridgehead atoms. The Morgan fingerprint density at radius 3 is 0.344 bits per heavy atom. The first kappa shape index (κ1) is 95.0. The van der Waals surface area contributed by atoms with E-state index in [1.807, 2.05) is 0 Å². The molecular formula is C70H30O40S10V2. The second kappa shape index (κ2) is 33.1. The largest absolute Gasteiger partial charge is 5.00 e. The number of benzene rings is 10. The van der Waals surface area contributed by atoms with E-state index in [2.05, 4.69) is 0 Å². The van der Waals surface area contributed by atoms with E-state index in [1.165, 1.54) is 121 Å². The number of hydrogen-bond donors (Lipinski definition) is 0. The van der Waals surface area contributed by atoms with Crippen molar-refractivity contribution in [1.82, 2.24) is 0 Å². The van der Waals surface area contributed by atoms with Gasteiger partial charge in [0.2, 0.25) is 0 Å². The van der Waals surface area contributed by atoms with E-state index < -0.39 is 264 Å². The van der Waals surface area contributed by atoms with Crippen LogP contribution in [-0.4, -0.2) is 188 Å². The van der Waals surface area contributed by atoms with E-state index in [0.29, 0.717) is 30.3 Å². The molecule has 5 aliphatic carbocycles. The molecule has 0 unspecified atom stereocenters. The van der Waals surface area contributed by atoms with E-state index in [9.17, 15) is 178 Å². The van der Waals surface area contributed by atoms with Crippen molar-refractivity contribution >= 4 is 159 Å². The van der Waals surface area contributed by atoms with Gasteiger partial charge >= 0.3 is 37.1 Å². The van der Waals surface area contributed by atoms with Crippen LogP contribution in [0.15, 0.2) is 231 Å². The molecule has 0 radical (unpaired) electrons. The zero-order chi connectivity index (χ0) is 89.3. The van der Waals surface area contributed by atoms with Crippen LogP contribution in [0, 0.1) is 0 Å². The molecule has 0 saturated carbocycles. The Balaban J connectivity index is 0.000000172. The molecule has 0 aliphatic heterocycles. The minimum absolute atomic E-state index is 0. The summed E-state index contributed by atoms with van der Waals surface area (Å²) in [5.41, 5.74) is -7.60. The Kier molecular flexibility index (Phi) is 25.8. The van der Waals surface area contributed by atoms with Gasteiger partial charge in [-0.2, -0.15) is 0 Å². The maximum absolute atomic E-state index is 12.5. The van der Waals surface area contributed by atoms with Crippen LogP contribution in [0.3, 0.4) is 0 Å². The number of ketones is 10. The van der Waals surface area contributed by atoms with Crippen molar-refractivity contribution in [1.29, 1.82) is 0 Å². The number of rotatable bonds is 10. The smallest absolute Gasteiger partial charge is 0.744 e. The van der Waals surface area contributed by atoms with Crippen molar-refractivity contribution in [2.45, 2.75) is 49.0 Å².